The summed E-state index contributed by atoms with van der Waals surface area (Å²) in [6.07, 6.45) is 3.93. The second-order valence-corrected chi connectivity index (χ2v) is 5.24. The molecule has 0 aromatic carbocycles. The van der Waals surface area contributed by atoms with Gasteiger partial charge in [0.2, 0.25) is 0 Å². The van der Waals surface area contributed by atoms with E-state index in [1.54, 1.807) is 0 Å². The number of rotatable bonds is 6. The van der Waals surface area contributed by atoms with Crippen LogP contribution >= 0.6 is 12.4 Å². The first kappa shape index (κ1) is 16.6. The van der Waals surface area contributed by atoms with Gasteiger partial charge < -0.3 is 5.32 Å². The van der Waals surface area contributed by atoms with Crippen molar-refractivity contribution in [1.82, 2.24) is 19.6 Å². The number of nitrogens with one attached hydrogen (secondary N) is 1. The zero-order valence-electron chi connectivity index (χ0n) is 12.6. The zero-order valence-corrected chi connectivity index (χ0v) is 13.4. The molecule has 1 N–H and O–H groups in total. The maximum atomic E-state index is 4.53. The summed E-state index contributed by atoms with van der Waals surface area (Å²) < 4.78 is 4.01. The minimum Gasteiger partial charge on any atom is -0.377 e. The van der Waals surface area contributed by atoms with E-state index in [9.17, 15) is 0 Å². The molecule has 0 spiro atoms. The molecule has 112 valence electrons. The van der Waals surface area contributed by atoms with E-state index in [-0.39, 0.29) is 12.4 Å². The number of aromatic nitrogens is 4. The van der Waals surface area contributed by atoms with Crippen molar-refractivity contribution in [2.24, 2.45) is 5.92 Å². The number of aryl methyl sites for hydroxylation is 2. The molecule has 2 aromatic rings. The summed E-state index contributed by atoms with van der Waals surface area (Å²) in [6, 6.07) is 2.05. The Morgan fingerprint density at radius 3 is 2.75 bits per heavy atom. The van der Waals surface area contributed by atoms with Gasteiger partial charge in [0.05, 0.1) is 23.6 Å². The van der Waals surface area contributed by atoms with Crippen molar-refractivity contribution in [3.8, 4) is 0 Å². The van der Waals surface area contributed by atoms with Gasteiger partial charge in [-0.15, -0.1) is 12.4 Å². The molecule has 0 radical (unpaired) electrons. The summed E-state index contributed by atoms with van der Waals surface area (Å²) in [7, 11) is 0. The minimum absolute atomic E-state index is 0. The highest BCUT2D eigenvalue weighted by Crippen LogP contribution is 2.15. The summed E-state index contributed by atoms with van der Waals surface area (Å²) >= 11 is 0. The highest BCUT2D eigenvalue weighted by Gasteiger charge is 2.07. The largest absolute Gasteiger partial charge is 0.377 e. The monoisotopic (exact) mass is 297 g/mol. The molecule has 0 aliphatic heterocycles. The predicted octanol–water partition coefficient (Wildman–Crippen LogP) is 3.10. The Morgan fingerprint density at radius 1 is 1.35 bits per heavy atom. The molecule has 2 heterocycles. The van der Waals surface area contributed by atoms with Crippen LogP contribution in [-0.2, 0) is 19.6 Å². The Hall–Kier alpha value is -1.49. The topological polar surface area (TPSA) is 47.7 Å². The molecule has 0 fully saturated rings. The van der Waals surface area contributed by atoms with Crippen LogP contribution in [0, 0.1) is 12.8 Å². The van der Waals surface area contributed by atoms with Gasteiger partial charge in [-0.25, -0.2) is 0 Å². The number of anilines is 1. The van der Waals surface area contributed by atoms with Gasteiger partial charge in [-0.2, -0.15) is 10.2 Å². The second kappa shape index (κ2) is 7.33. The average molecular weight is 298 g/mol. The minimum atomic E-state index is 0. The van der Waals surface area contributed by atoms with Crippen molar-refractivity contribution in [3.05, 3.63) is 29.8 Å². The van der Waals surface area contributed by atoms with Gasteiger partial charge in [-0.1, -0.05) is 13.8 Å². The molecular weight excluding hydrogens is 274 g/mol. The Bertz CT molecular complexity index is 529. The first-order valence-electron chi connectivity index (χ1n) is 6.88. The number of hydrogen-bond donors (Lipinski definition) is 1. The lowest BCUT2D eigenvalue weighted by atomic mass is 10.2. The van der Waals surface area contributed by atoms with Crippen molar-refractivity contribution in [2.45, 2.75) is 47.3 Å². The van der Waals surface area contributed by atoms with Crippen LogP contribution in [0.2, 0.25) is 0 Å². The maximum absolute atomic E-state index is 4.53. The lowest BCUT2D eigenvalue weighted by Gasteiger charge is -2.07. The van der Waals surface area contributed by atoms with Gasteiger partial charge in [-0.3, -0.25) is 9.36 Å². The van der Waals surface area contributed by atoms with Crippen LogP contribution in [0.25, 0.3) is 0 Å². The fraction of sp³-hybridized carbons (Fsp3) is 0.571. The Morgan fingerprint density at radius 2 is 2.10 bits per heavy atom. The van der Waals surface area contributed by atoms with E-state index in [4.69, 9.17) is 0 Å². The normalized spacial score (nSPS) is 10.7. The lowest BCUT2D eigenvalue weighted by Crippen LogP contribution is -2.08. The molecule has 0 aliphatic carbocycles. The highest BCUT2D eigenvalue weighted by molar-refractivity contribution is 5.85. The summed E-state index contributed by atoms with van der Waals surface area (Å²) in [6.45, 7) is 11.2. The Balaban J connectivity index is 0.00000200. The van der Waals surface area contributed by atoms with Crippen molar-refractivity contribution in [3.63, 3.8) is 0 Å². The van der Waals surface area contributed by atoms with E-state index in [1.807, 2.05) is 28.6 Å². The smallest absolute Gasteiger partial charge is 0.0825 e. The van der Waals surface area contributed by atoms with Gasteiger partial charge in [0.1, 0.15) is 0 Å². The summed E-state index contributed by atoms with van der Waals surface area (Å²) in [5, 5.41) is 12.2. The van der Waals surface area contributed by atoms with Gasteiger partial charge in [0, 0.05) is 25.5 Å². The maximum Gasteiger partial charge on any atom is 0.0825 e. The fourth-order valence-electron chi connectivity index (χ4n) is 2.14. The quantitative estimate of drug-likeness (QED) is 0.891. The second-order valence-electron chi connectivity index (χ2n) is 5.24. The van der Waals surface area contributed by atoms with Crippen LogP contribution in [0.15, 0.2) is 18.5 Å². The zero-order chi connectivity index (χ0) is 13.8. The molecule has 0 aliphatic rings. The van der Waals surface area contributed by atoms with E-state index < -0.39 is 0 Å². The third-order valence-electron chi connectivity index (χ3n) is 3.06. The molecule has 0 saturated carbocycles. The molecule has 0 saturated heterocycles. The molecular formula is C14H24ClN5. The molecule has 0 unspecified atom stereocenters. The molecule has 6 heteroatoms. The number of halogens is 1. The van der Waals surface area contributed by atoms with Gasteiger partial charge in [-0.05, 0) is 25.8 Å². The highest BCUT2D eigenvalue weighted by atomic mass is 35.5. The van der Waals surface area contributed by atoms with E-state index >= 15 is 0 Å². The first-order valence-corrected chi connectivity index (χ1v) is 6.88. The third-order valence-corrected chi connectivity index (χ3v) is 3.06. The summed E-state index contributed by atoms with van der Waals surface area (Å²) in [4.78, 5) is 0. The molecule has 5 nitrogen and oxygen atoms in total. The first-order chi connectivity index (χ1) is 9.10. The van der Waals surface area contributed by atoms with Crippen molar-refractivity contribution < 1.29 is 0 Å². The van der Waals surface area contributed by atoms with E-state index in [1.165, 1.54) is 5.69 Å². The van der Waals surface area contributed by atoms with Gasteiger partial charge in [0.15, 0.2) is 0 Å². The lowest BCUT2D eigenvalue weighted by molar-refractivity contribution is 0.481. The molecule has 0 atom stereocenters. The standard InChI is InChI=1S/C14H23N5.ClH/c1-5-19-13(6-7-16-19)8-15-14-10-18(9-11(2)3)17-12(14)4;/h6-7,10-11,15H,5,8-9H2,1-4H3;1H. The van der Waals surface area contributed by atoms with E-state index in [0.29, 0.717) is 5.92 Å². The van der Waals surface area contributed by atoms with E-state index in [0.717, 1.165) is 31.0 Å². The summed E-state index contributed by atoms with van der Waals surface area (Å²) in [5.41, 5.74) is 3.34. The van der Waals surface area contributed by atoms with E-state index in [2.05, 4.69) is 42.5 Å². The molecule has 0 amide bonds. The van der Waals surface area contributed by atoms with Gasteiger partial charge >= 0.3 is 0 Å². The van der Waals surface area contributed by atoms with Crippen LogP contribution in [0.3, 0.4) is 0 Å². The van der Waals surface area contributed by atoms with Crippen molar-refractivity contribution in [1.29, 1.82) is 0 Å². The van der Waals surface area contributed by atoms with Crippen LogP contribution < -0.4 is 5.32 Å². The molecule has 0 bridgehead atoms. The van der Waals surface area contributed by atoms with Crippen molar-refractivity contribution >= 4 is 18.1 Å². The Kier molecular flexibility index (Phi) is 6.07. The predicted molar refractivity (Wildman–Crippen MR) is 84.3 cm³/mol. The van der Waals surface area contributed by atoms with Crippen LogP contribution in [0.4, 0.5) is 5.69 Å². The molecule has 2 rings (SSSR count). The average Bonchev–Trinajstić information content (AvgIpc) is 2.92. The third kappa shape index (κ3) is 4.00. The van der Waals surface area contributed by atoms with Crippen molar-refractivity contribution in [2.75, 3.05) is 5.32 Å². The van der Waals surface area contributed by atoms with Crippen LogP contribution in [-0.4, -0.2) is 19.6 Å². The number of hydrogen-bond acceptors (Lipinski definition) is 3. The van der Waals surface area contributed by atoms with Gasteiger partial charge in [0.25, 0.3) is 0 Å². The number of nitrogens with zero attached hydrogens (tertiary/aromatic N) is 4. The molecule has 2 aromatic heterocycles. The SMILES string of the molecule is CCn1nccc1CNc1cn(CC(C)C)nc1C.Cl. The fourth-order valence-corrected chi connectivity index (χ4v) is 2.14. The van der Waals surface area contributed by atoms with Crippen LogP contribution in [0.1, 0.15) is 32.2 Å². The summed E-state index contributed by atoms with van der Waals surface area (Å²) in [5.74, 6) is 0.605. The Labute approximate surface area is 126 Å². The van der Waals surface area contributed by atoms with Crippen LogP contribution in [0.5, 0.6) is 0 Å². The molecule has 20 heavy (non-hydrogen) atoms.